The molecular weight excluding hydrogens is 311 g/mol. The number of hydrogen-bond donors (Lipinski definition) is 2. The van der Waals surface area contributed by atoms with E-state index in [9.17, 15) is 4.39 Å². The summed E-state index contributed by atoms with van der Waals surface area (Å²) >= 11 is 1.77. The van der Waals surface area contributed by atoms with E-state index in [4.69, 9.17) is 5.26 Å². The summed E-state index contributed by atoms with van der Waals surface area (Å²) in [7, 11) is 1.68. The molecule has 1 aromatic heterocycles. The second kappa shape index (κ2) is 8.30. The van der Waals surface area contributed by atoms with Crippen LogP contribution in [0.25, 0.3) is 0 Å². The first-order valence-corrected chi connectivity index (χ1v) is 8.18. The predicted octanol–water partition coefficient (Wildman–Crippen LogP) is 3.19. The van der Waals surface area contributed by atoms with Crippen molar-refractivity contribution >= 4 is 17.3 Å². The summed E-state index contributed by atoms with van der Waals surface area (Å²) in [6.07, 6.45) is 1.04. The largest absolute Gasteiger partial charge is 0.352 e. The van der Waals surface area contributed by atoms with Gasteiger partial charge in [-0.15, -0.1) is 11.3 Å². The fourth-order valence-electron chi connectivity index (χ4n) is 2.04. The van der Waals surface area contributed by atoms with Crippen LogP contribution < -0.4 is 10.6 Å². The number of nitrogens with one attached hydrogen (secondary N) is 2. The lowest BCUT2D eigenvalue weighted by atomic mass is 10.1. The maximum atomic E-state index is 13.8. The minimum absolute atomic E-state index is 0.307. The number of thiophene rings is 1. The van der Waals surface area contributed by atoms with Crippen LogP contribution in [0.1, 0.15) is 27.8 Å². The number of aliphatic imine (C=N–C) groups is 1. The molecule has 0 saturated heterocycles. The van der Waals surface area contributed by atoms with Gasteiger partial charge in [0.15, 0.2) is 5.96 Å². The molecule has 2 N–H and O–H groups in total. The molecule has 0 saturated carbocycles. The van der Waals surface area contributed by atoms with Crippen LogP contribution in [0.4, 0.5) is 4.39 Å². The molecule has 0 aliphatic rings. The van der Waals surface area contributed by atoms with Crippen molar-refractivity contribution in [3.05, 3.63) is 57.0 Å². The van der Waals surface area contributed by atoms with Gasteiger partial charge in [-0.1, -0.05) is 13.0 Å². The monoisotopic (exact) mass is 330 g/mol. The SMILES string of the molecule is CCc1ccc(CNC(=NC)NCc2ccc(C#N)cc2F)s1. The Morgan fingerprint density at radius 3 is 2.57 bits per heavy atom. The lowest BCUT2D eigenvalue weighted by Crippen LogP contribution is -2.36. The Kier molecular flexibility index (Phi) is 6.12. The van der Waals surface area contributed by atoms with Gasteiger partial charge in [0.1, 0.15) is 5.82 Å². The molecule has 0 atom stereocenters. The molecule has 1 heterocycles. The first-order chi connectivity index (χ1) is 11.2. The molecule has 6 heteroatoms. The molecule has 0 fully saturated rings. The van der Waals surface area contributed by atoms with Crippen molar-refractivity contribution in [2.75, 3.05) is 7.05 Å². The molecule has 2 rings (SSSR count). The van der Waals surface area contributed by atoms with Gasteiger partial charge in [-0.05, 0) is 30.7 Å². The molecule has 4 nitrogen and oxygen atoms in total. The zero-order chi connectivity index (χ0) is 16.7. The van der Waals surface area contributed by atoms with Gasteiger partial charge in [-0.2, -0.15) is 5.26 Å². The highest BCUT2D eigenvalue weighted by molar-refractivity contribution is 7.11. The molecule has 0 radical (unpaired) electrons. The number of hydrogen-bond acceptors (Lipinski definition) is 3. The van der Waals surface area contributed by atoms with Gasteiger partial charge < -0.3 is 10.6 Å². The highest BCUT2D eigenvalue weighted by Gasteiger charge is 2.05. The minimum atomic E-state index is -0.391. The Balaban J connectivity index is 1.89. The standard InChI is InChI=1S/C17H19FN4S/c1-3-14-6-7-15(23-14)11-22-17(20-2)21-10-13-5-4-12(9-19)8-16(13)18/h4-8H,3,10-11H2,1-2H3,(H2,20,21,22). The van der Waals surface area contributed by atoms with E-state index in [1.165, 1.54) is 15.8 Å². The third-order valence-corrected chi connectivity index (χ3v) is 4.58. The first-order valence-electron chi connectivity index (χ1n) is 7.37. The third-order valence-electron chi connectivity index (χ3n) is 3.35. The number of guanidine groups is 1. The molecule has 1 aromatic carbocycles. The second-order valence-electron chi connectivity index (χ2n) is 4.92. The summed E-state index contributed by atoms with van der Waals surface area (Å²) in [6, 6.07) is 10.6. The van der Waals surface area contributed by atoms with Gasteiger partial charge in [-0.3, -0.25) is 4.99 Å². The number of halogens is 1. The van der Waals surface area contributed by atoms with E-state index < -0.39 is 5.82 Å². The fourth-order valence-corrected chi connectivity index (χ4v) is 2.94. The second-order valence-corrected chi connectivity index (χ2v) is 6.17. The van der Waals surface area contributed by atoms with E-state index in [0.717, 1.165) is 6.42 Å². The van der Waals surface area contributed by atoms with Crippen molar-refractivity contribution in [1.29, 1.82) is 5.26 Å². The summed E-state index contributed by atoms with van der Waals surface area (Å²) < 4.78 is 13.8. The van der Waals surface area contributed by atoms with E-state index >= 15 is 0 Å². The van der Waals surface area contributed by atoms with E-state index in [2.05, 4.69) is 34.7 Å². The minimum Gasteiger partial charge on any atom is -0.352 e. The van der Waals surface area contributed by atoms with Gasteiger partial charge in [-0.25, -0.2) is 4.39 Å². The van der Waals surface area contributed by atoms with Crippen LogP contribution in [-0.2, 0) is 19.5 Å². The Bertz CT molecular complexity index is 730. The topological polar surface area (TPSA) is 60.2 Å². The van der Waals surface area contributed by atoms with Crippen molar-refractivity contribution < 1.29 is 4.39 Å². The quantitative estimate of drug-likeness (QED) is 0.654. The van der Waals surface area contributed by atoms with Gasteiger partial charge in [0.25, 0.3) is 0 Å². The first kappa shape index (κ1) is 17.0. The highest BCUT2D eigenvalue weighted by Crippen LogP contribution is 2.16. The Hall–Kier alpha value is -2.39. The van der Waals surface area contributed by atoms with Crippen LogP contribution in [0.2, 0.25) is 0 Å². The van der Waals surface area contributed by atoms with E-state index in [-0.39, 0.29) is 0 Å². The maximum Gasteiger partial charge on any atom is 0.191 e. The van der Waals surface area contributed by atoms with E-state index in [1.807, 2.05) is 6.07 Å². The van der Waals surface area contributed by atoms with E-state index in [0.29, 0.717) is 30.2 Å². The highest BCUT2D eigenvalue weighted by atomic mass is 32.1. The average Bonchev–Trinajstić information content (AvgIpc) is 3.04. The predicted molar refractivity (Wildman–Crippen MR) is 91.9 cm³/mol. The molecule has 23 heavy (non-hydrogen) atoms. The third kappa shape index (κ3) is 4.80. The summed E-state index contributed by atoms with van der Waals surface area (Å²) in [6.45, 7) is 3.12. The fraction of sp³-hybridized carbons (Fsp3) is 0.294. The summed E-state index contributed by atoms with van der Waals surface area (Å²) in [4.78, 5) is 6.71. The number of rotatable bonds is 5. The Morgan fingerprint density at radius 2 is 1.96 bits per heavy atom. The van der Waals surface area contributed by atoms with Crippen molar-refractivity contribution in [3.63, 3.8) is 0 Å². The maximum absolute atomic E-state index is 13.8. The summed E-state index contributed by atoms with van der Waals surface area (Å²) in [5, 5.41) is 15.0. The zero-order valence-electron chi connectivity index (χ0n) is 13.2. The van der Waals surface area contributed by atoms with Crippen molar-refractivity contribution in [1.82, 2.24) is 10.6 Å². The van der Waals surface area contributed by atoms with Gasteiger partial charge in [0, 0.05) is 28.9 Å². The van der Waals surface area contributed by atoms with Gasteiger partial charge in [0.05, 0.1) is 18.2 Å². The van der Waals surface area contributed by atoms with Crippen LogP contribution in [0.15, 0.2) is 35.3 Å². The molecular formula is C17H19FN4S. The molecule has 0 amide bonds. The Labute approximate surface area is 139 Å². The van der Waals surface area contributed by atoms with Gasteiger partial charge in [0.2, 0.25) is 0 Å². The normalized spacial score (nSPS) is 11.1. The molecule has 0 unspecified atom stereocenters. The molecule has 0 aliphatic carbocycles. The molecule has 120 valence electrons. The average molecular weight is 330 g/mol. The van der Waals surface area contributed by atoms with Gasteiger partial charge >= 0.3 is 0 Å². The number of aryl methyl sites for hydroxylation is 1. The summed E-state index contributed by atoms with van der Waals surface area (Å²) in [5.74, 6) is 0.220. The van der Waals surface area contributed by atoms with E-state index in [1.54, 1.807) is 30.5 Å². The number of nitriles is 1. The molecule has 0 spiro atoms. The Morgan fingerprint density at radius 1 is 1.22 bits per heavy atom. The zero-order valence-corrected chi connectivity index (χ0v) is 14.0. The van der Waals surface area contributed by atoms with Crippen LogP contribution in [0.3, 0.4) is 0 Å². The van der Waals surface area contributed by atoms with Crippen molar-refractivity contribution in [3.8, 4) is 6.07 Å². The molecule has 0 bridgehead atoms. The summed E-state index contributed by atoms with van der Waals surface area (Å²) in [5.41, 5.74) is 0.814. The lowest BCUT2D eigenvalue weighted by Gasteiger charge is -2.11. The van der Waals surface area contributed by atoms with Crippen LogP contribution in [0.5, 0.6) is 0 Å². The van der Waals surface area contributed by atoms with Crippen molar-refractivity contribution in [2.45, 2.75) is 26.4 Å². The van der Waals surface area contributed by atoms with Crippen molar-refractivity contribution in [2.24, 2.45) is 4.99 Å². The number of nitrogens with zero attached hydrogens (tertiary/aromatic N) is 2. The number of benzene rings is 1. The van der Waals surface area contributed by atoms with Crippen LogP contribution >= 0.6 is 11.3 Å². The van der Waals surface area contributed by atoms with Crippen LogP contribution in [-0.4, -0.2) is 13.0 Å². The lowest BCUT2D eigenvalue weighted by molar-refractivity contribution is 0.604. The smallest absolute Gasteiger partial charge is 0.191 e. The van der Waals surface area contributed by atoms with Crippen LogP contribution in [0, 0.1) is 17.1 Å². The molecule has 0 aliphatic heterocycles. The molecule has 2 aromatic rings.